The summed E-state index contributed by atoms with van der Waals surface area (Å²) >= 11 is 0. The molecule has 2 N–H and O–H groups in total. The van der Waals surface area contributed by atoms with Crippen LogP contribution >= 0.6 is 0 Å². The lowest BCUT2D eigenvalue weighted by molar-refractivity contribution is -0.120. The maximum Gasteiger partial charge on any atom is 0.149 e. The summed E-state index contributed by atoms with van der Waals surface area (Å²) < 4.78 is 21.8. The first-order valence-corrected chi connectivity index (χ1v) is 7.53. The van der Waals surface area contributed by atoms with Gasteiger partial charge in [-0.25, -0.2) is 8.42 Å². The Morgan fingerprint density at radius 3 is 2.19 bits per heavy atom. The highest BCUT2D eigenvalue weighted by molar-refractivity contribution is 7.90. The molecule has 0 aromatic carbocycles. The molecule has 0 heterocycles. The van der Waals surface area contributed by atoms with Crippen LogP contribution in [0, 0.1) is 5.41 Å². The molecule has 0 spiro atoms. The summed E-state index contributed by atoms with van der Waals surface area (Å²) in [4.78, 5) is 11.6. The monoisotopic (exact) mass is 249 g/mol. The van der Waals surface area contributed by atoms with Crippen LogP contribution in [0.1, 0.15) is 40.0 Å². The molecular weight excluding hydrogens is 226 g/mol. The molecule has 0 aliphatic rings. The van der Waals surface area contributed by atoms with Gasteiger partial charge in [-0.2, -0.15) is 0 Å². The van der Waals surface area contributed by atoms with E-state index in [4.69, 9.17) is 5.73 Å². The van der Waals surface area contributed by atoms with Crippen LogP contribution in [0.2, 0.25) is 0 Å². The zero-order valence-electron chi connectivity index (χ0n) is 10.6. The Hall–Kier alpha value is -0.420. The molecule has 0 saturated carbocycles. The summed E-state index contributed by atoms with van der Waals surface area (Å²) in [5.74, 6) is -0.0614. The molecule has 1 atom stereocenters. The number of sulfone groups is 1. The van der Waals surface area contributed by atoms with Gasteiger partial charge in [0, 0.05) is 12.7 Å². The number of ketones is 1. The molecular formula is C11H23NO3S. The van der Waals surface area contributed by atoms with Crippen molar-refractivity contribution in [2.45, 2.75) is 46.1 Å². The van der Waals surface area contributed by atoms with Crippen molar-refractivity contribution in [1.82, 2.24) is 0 Å². The Balaban J connectivity index is 4.01. The second-order valence-electron chi connectivity index (χ2n) is 5.55. The first-order valence-electron chi connectivity index (χ1n) is 5.47. The van der Waals surface area contributed by atoms with Crippen molar-refractivity contribution in [3.63, 3.8) is 0 Å². The van der Waals surface area contributed by atoms with Crippen molar-refractivity contribution < 1.29 is 13.2 Å². The van der Waals surface area contributed by atoms with E-state index in [1.807, 2.05) is 0 Å². The predicted molar refractivity (Wildman–Crippen MR) is 66.0 cm³/mol. The summed E-state index contributed by atoms with van der Waals surface area (Å²) in [5, 5.41) is 0. The Kier molecular flexibility index (Phi) is 5.62. The lowest BCUT2D eigenvalue weighted by Crippen LogP contribution is -2.33. The Morgan fingerprint density at radius 2 is 1.81 bits per heavy atom. The molecule has 0 radical (unpaired) electrons. The summed E-state index contributed by atoms with van der Waals surface area (Å²) in [6, 6.07) is -0.642. The minimum Gasteiger partial charge on any atom is -0.321 e. The van der Waals surface area contributed by atoms with Crippen LogP contribution in [0.15, 0.2) is 0 Å². The molecule has 0 fully saturated rings. The third-order valence-electron chi connectivity index (χ3n) is 2.33. The van der Waals surface area contributed by atoms with Crippen molar-refractivity contribution in [1.29, 1.82) is 0 Å². The smallest absolute Gasteiger partial charge is 0.149 e. The average Bonchev–Trinajstić information content (AvgIpc) is 2.07. The highest BCUT2D eigenvalue weighted by Crippen LogP contribution is 2.21. The van der Waals surface area contributed by atoms with E-state index in [1.165, 1.54) is 0 Å². The molecule has 0 aromatic rings. The van der Waals surface area contributed by atoms with E-state index in [0.29, 0.717) is 6.42 Å². The summed E-state index contributed by atoms with van der Waals surface area (Å²) in [6.07, 6.45) is 2.58. The van der Waals surface area contributed by atoms with Crippen molar-refractivity contribution in [2.24, 2.45) is 11.1 Å². The van der Waals surface area contributed by atoms with E-state index >= 15 is 0 Å². The number of hydrogen-bond donors (Lipinski definition) is 1. The number of Topliss-reactive ketones (excluding diaryl/α,β-unsaturated/α-hetero) is 1. The fourth-order valence-corrected chi connectivity index (χ4v) is 1.87. The molecule has 1 unspecified atom stereocenters. The van der Waals surface area contributed by atoms with Gasteiger partial charge in [0.05, 0.1) is 11.8 Å². The molecule has 0 rings (SSSR count). The van der Waals surface area contributed by atoms with Gasteiger partial charge in [0.15, 0.2) is 0 Å². The fourth-order valence-electron chi connectivity index (χ4n) is 1.19. The zero-order chi connectivity index (χ0) is 13.0. The van der Waals surface area contributed by atoms with E-state index < -0.39 is 15.9 Å². The predicted octanol–water partition coefficient (Wildman–Crippen LogP) is 1.14. The lowest BCUT2D eigenvalue weighted by atomic mass is 9.88. The summed E-state index contributed by atoms with van der Waals surface area (Å²) in [5.41, 5.74) is 5.74. The molecule has 16 heavy (non-hydrogen) atoms. The molecule has 0 aromatic heterocycles. The number of rotatable bonds is 6. The summed E-state index contributed by atoms with van der Waals surface area (Å²) in [6.45, 7) is 6.17. The Labute approximate surface area is 98.5 Å². The fraction of sp³-hybridized carbons (Fsp3) is 0.909. The minimum absolute atomic E-state index is 0.0184. The van der Waals surface area contributed by atoms with Crippen LogP contribution < -0.4 is 5.73 Å². The van der Waals surface area contributed by atoms with Gasteiger partial charge < -0.3 is 5.73 Å². The van der Waals surface area contributed by atoms with Crippen LogP contribution in [0.4, 0.5) is 0 Å². The maximum absolute atomic E-state index is 11.6. The van der Waals surface area contributed by atoms with Crippen molar-refractivity contribution in [3.05, 3.63) is 0 Å². The van der Waals surface area contributed by atoms with E-state index in [1.54, 1.807) is 0 Å². The Bertz CT molecular complexity index is 328. The topological polar surface area (TPSA) is 77.2 Å². The normalized spacial score (nSPS) is 14.8. The number of nitrogens with two attached hydrogens (primary N) is 1. The van der Waals surface area contributed by atoms with Gasteiger partial charge in [-0.15, -0.1) is 0 Å². The maximum atomic E-state index is 11.6. The first kappa shape index (κ1) is 15.6. The van der Waals surface area contributed by atoms with Crippen LogP contribution in [0.25, 0.3) is 0 Å². The van der Waals surface area contributed by atoms with Crippen LogP contribution in [-0.4, -0.2) is 32.3 Å². The second kappa shape index (κ2) is 5.77. The molecule has 4 nitrogen and oxygen atoms in total. The van der Waals surface area contributed by atoms with Gasteiger partial charge in [-0.05, 0) is 18.3 Å². The molecule has 96 valence electrons. The van der Waals surface area contributed by atoms with E-state index in [9.17, 15) is 13.2 Å². The standard InChI is InChI=1S/C11H23NO3S/c1-11(2,3)7-5-10(13)9(12)6-8-16(4,14)15/h9H,5-8,12H2,1-4H3. The number of carbonyl (C=O) groups excluding carboxylic acids is 1. The van der Waals surface area contributed by atoms with Crippen LogP contribution in [-0.2, 0) is 14.6 Å². The van der Waals surface area contributed by atoms with Crippen LogP contribution in [0.3, 0.4) is 0 Å². The number of hydrogen-bond acceptors (Lipinski definition) is 4. The highest BCUT2D eigenvalue weighted by Gasteiger charge is 2.18. The molecule has 0 aliphatic carbocycles. The van der Waals surface area contributed by atoms with Gasteiger partial charge in [0.2, 0.25) is 0 Å². The zero-order valence-corrected chi connectivity index (χ0v) is 11.4. The van der Waals surface area contributed by atoms with E-state index in [-0.39, 0.29) is 23.4 Å². The molecule has 0 bridgehead atoms. The molecule has 0 amide bonds. The molecule has 0 aliphatic heterocycles. The van der Waals surface area contributed by atoms with Crippen molar-refractivity contribution in [2.75, 3.05) is 12.0 Å². The van der Waals surface area contributed by atoms with E-state index in [2.05, 4.69) is 20.8 Å². The lowest BCUT2D eigenvalue weighted by Gasteiger charge is -2.18. The van der Waals surface area contributed by atoms with Crippen molar-refractivity contribution >= 4 is 15.6 Å². The van der Waals surface area contributed by atoms with Gasteiger partial charge in [0.25, 0.3) is 0 Å². The SMILES string of the molecule is CC(C)(C)CCC(=O)C(N)CCS(C)(=O)=O. The third-order valence-corrected chi connectivity index (χ3v) is 3.31. The minimum atomic E-state index is -3.03. The Morgan fingerprint density at radius 1 is 1.31 bits per heavy atom. The van der Waals surface area contributed by atoms with Gasteiger partial charge in [-0.3, -0.25) is 4.79 Å². The van der Waals surface area contributed by atoms with Gasteiger partial charge in [0.1, 0.15) is 15.6 Å². The van der Waals surface area contributed by atoms with Gasteiger partial charge >= 0.3 is 0 Å². The number of carbonyl (C=O) groups is 1. The van der Waals surface area contributed by atoms with Crippen molar-refractivity contribution in [3.8, 4) is 0 Å². The highest BCUT2D eigenvalue weighted by atomic mass is 32.2. The summed E-state index contributed by atoms with van der Waals surface area (Å²) in [7, 11) is -3.03. The first-order chi connectivity index (χ1) is 7.01. The van der Waals surface area contributed by atoms with E-state index in [0.717, 1.165) is 12.7 Å². The van der Waals surface area contributed by atoms with Gasteiger partial charge in [-0.1, -0.05) is 20.8 Å². The quantitative estimate of drug-likeness (QED) is 0.766. The average molecular weight is 249 g/mol. The van der Waals surface area contributed by atoms with Crippen LogP contribution in [0.5, 0.6) is 0 Å². The largest absolute Gasteiger partial charge is 0.321 e. The molecule has 5 heteroatoms. The second-order valence-corrected chi connectivity index (χ2v) is 7.81. The third kappa shape index (κ3) is 8.85. The molecule has 0 saturated heterocycles.